The number of nitrogens with one attached hydrogen (secondary N) is 4. The van der Waals surface area contributed by atoms with Gasteiger partial charge in [-0.05, 0) is 75.4 Å². The lowest BCUT2D eigenvalue weighted by Gasteiger charge is -2.21. The number of amides is 2. The highest BCUT2D eigenvalue weighted by atomic mass is 32.1. The Hall–Kier alpha value is -4.32. The largest absolute Gasteiger partial charge is 0.461 e. The van der Waals surface area contributed by atoms with E-state index in [1.54, 1.807) is 31.4 Å². The summed E-state index contributed by atoms with van der Waals surface area (Å²) in [6.45, 7) is 4.02. The predicted molar refractivity (Wildman–Crippen MR) is 161 cm³/mol. The molecular weight excluding hydrogens is 554 g/mol. The van der Waals surface area contributed by atoms with Crippen LogP contribution in [0.3, 0.4) is 0 Å². The molecule has 11 nitrogen and oxygen atoms in total. The number of hydrogen-bond donors (Lipinski definition) is 4. The number of carbonyl (C=O) groups is 3. The van der Waals surface area contributed by atoms with E-state index in [-0.39, 0.29) is 24.1 Å². The van der Waals surface area contributed by atoms with Crippen molar-refractivity contribution in [2.45, 2.75) is 64.5 Å². The zero-order chi connectivity index (χ0) is 29.5. The molecule has 12 heteroatoms. The first-order valence-electron chi connectivity index (χ1n) is 14.2. The van der Waals surface area contributed by atoms with E-state index in [9.17, 15) is 14.4 Å². The summed E-state index contributed by atoms with van der Waals surface area (Å²) in [4.78, 5) is 48.5. The van der Waals surface area contributed by atoms with E-state index in [0.29, 0.717) is 28.8 Å². The number of hydrogen-bond acceptors (Lipinski definition) is 9. The molecule has 1 atom stereocenters. The normalized spacial score (nSPS) is 14.0. The average Bonchev–Trinajstić information content (AvgIpc) is 3.76. The van der Waals surface area contributed by atoms with Gasteiger partial charge in [-0.1, -0.05) is 18.2 Å². The SMILES string of the molecule is Cc1nc(NCCCc2cccc3[nH]ncc23)nc(C)c1C(=O)N[C@@H](CNC(=O)c1cccs1)C(=O)OC1CCCC1. The Morgan fingerprint density at radius 3 is 2.60 bits per heavy atom. The summed E-state index contributed by atoms with van der Waals surface area (Å²) in [7, 11) is 0. The molecule has 0 saturated heterocycles. The van der Waals surface area contributed by atoms with Crippen molar-refractivity contribution in [1.29, 1.82) is 0 Å². The highest BCUT2D eigenvalue weighted by molar-refractivity contribution is 7.12. The van der Waals surface area contributed by atoms with Crippen LogP contribution in [0.25, 0.3) is 10.9 Å². The van der Waals surface area contributed by atoms with Crippen LogP contribution in [0.5, 0.6) is 0 Å². The molecule has 0 bridgehead atoms. The molecule has 1 saturated carbocycles. The number of anilines is 1. The zero-order valence-electron chi connectivity index (χ0n) is 23.7. The highest BCUT2D eigenvalue weighted by Gasteiger charge is 2.29. The van der Waals surface area contributed by atoms with Crippen LogP contribution in [-0.2, 0) is 16.0 Å². The Morgan fingerprint density at radius 2 is 1.86 bits per heavy atom. The second-order valence-corrected chi connectivity index (χ2v) is 11.4. The monoisotopic (exact) mass is 589 g/mol. The number of carbonyl (C=O) groups excluding carboxylic acids is 3. The van der Waals surface area contributed by atoms with E-state index in [1.807, 2.05) is 18.3 Å². The molecule has 1 aliphatic rings. The van der Waals surface area contributed by atoms with Crippen molar-refractivity contribution in [3.05, 3.63) is 69.3 Å². The third-order valence-corrected chi connectivity index (χ3v) is 8.23. The number of nitrogens with zero attached hydrogens (tertiary/aromatic N) is 3. The van der Waals surface area contributed by atoms with Crippen molar-refractivity contribution in [2.24, 2.45) is 0 Å². The Labute approximate surface area is 247 Å². The number of aromatic nitrogens is 4. The number of thiophene rings is 1. The van der Waals surface area contributed by atoms with Gasteiger partial charge in [0.15, 0.2) is 0 Å². The van der Waals surface area contributed by atoms with Crippen LogP contribution in [0, 0.1) is 13.8 Å². The second-order valence-electron chi connectivity index (χ2n) is 10.4. The summed E-state index contributed by atoms with van der Waals surface area (Å²) in [5.74, 6) is -0.945. The number of ether oxygens (including phenoxy) is 1. The molecule has 1 aromatic carbocycles. The molecule has 220 valence electrons. The van der Waals surface area contributed by atoms with Crippen molar-refractivity contribution in [1.82, 2.24) is 30.8 Å². The van der Waals surface area contributed by atoms with E-state index < -0.39 is 17.9 Å². The molecule has 0 radical (unpaired) electrons. The summed E-state index contributed by atoms with van der Waals surface area (Å²) in [6.07, 6.45) is 6.99. The molecule has 5 rings (SSSR count). The Balaban J connectivity index is 1.20. The lowest BCUT2D eigenvalue weighted by atomic mass is 10.1. The molecule has 3 aromatic heterocycles. The fourth-order valence-electron chi connectivity index (χ4n) is 5.22. The second kappa shape index (κ2) is 13.6. The van der Waals surface area contributed by atoms with Crippen LogP contribution in [-0.4, -0.2) is 63.2 Å². The van der Waals surface area contributed by atoms with Crippen molar-refractivity contribution in [2.75, 3.05) is 18.4 Å². The van der Waals surface area contributed by atoms with Crippen LogP contribution in [0.2, 0.25) is 0 Å². The molecule has 3 heterocycles. The molecule has 0 spiro atoms. The van der Waals surface area contributed by atoms with Crippen LogP contribution in [0.1, 0.15) is 69.1 Å². The first kappa shape index (κ1) is 29.2. The first-order chi connectivity index (χ1) is 20.4. The smallest absolute Gasteiger partial charge is 0.330 e. The standard InChI is InChI=1S/C30H35N7O4S/c1-18-26(19(2)35-30(34-18)31-14-6-9-20-8-5-12-23-22(20)16-33-37-23)28(39)36-24(29(40)41-21-10-3-4-11-21)17-32-27(38)25-13-7-15-42-25/h5,7-8,12-13,15-16,21,24H,3-4,6,9-11,14,17H2,1-2H3,(H,32,38)(H,33,37)(H,36,39)(H,31,34,35)/t24-/m0/s1. The fraction of sp³-hybridized carbons (Fsp3) is 0.400. The molecule has 1 fully saturated rings. The van der Waals surface area contributed by atoms with Gasteiger partial charge in [0.2, 0.25) is 5.95 Å². The number of H-pyrrole nitrogens is 1. The molecule has 4 N–H and O–H groups in total. The lowest BCUT2D eigenvalue weighted by Crippen LogP contribution is -2.50. The van der Waals surface area contributed by atoms with E-state index in [1.165, 1.54) is 16.9 Å². The summed E-state index contributed by atoms with van der Waals surface area (Å²) in [5.41, 5.74) is 3.49. The minimum absolute atomic E-state index is 0.0981. The van der Waals surface area contributed by atoms with Crippen molar-refractivity contribution >= 4 is 46.0 Å². The van der Waals surface area contributed by atoms with Crippen molar-refractivity contribution in [3.63, 3.8) is 0 Å². The van der Waals surface area contributed by atoms with Gasteiger partial charge in [0.05, 0.1) is 33.5 Å². The Kier molecular flexibility index (Phi) is 9.42. The van der Waals surface area contributed by atoms with Crippen LogP contribution in [0.15, 0.2) is 41.9 Å². The fourth-order valence-corrected chi connectivity index (χ4v) is 5.86. The van der Waals surface area contributed by atoms with Gasteiger partial charge in [0.1, 0.15) is 12.1 Å². The lowest BCUT2D eigenvalue weighted by molar-refractivity contribution is -0.150. The van der Waals surface area contributed by atoms with Crippen molar-refractivity contribution in [3.8, 4) is 0 Å². The third kappa shape index (κ3) is 7.11. The van der Waals surface area contributed by atoms with Gasteiger partial charge in [0, 0.05) is 18.5 Å². The van der Waals surface area contributed by atoms with Gasteiger partial charge in [-0.25, -0.2) is 14.8 Å². The van der Waals surface area contributed by atoms with Crippen molar-refractivity contribution < 1.29 is 19.1 Å². The van der Waals surface area contributed by atoms with E-state index in [2.05, 4.69) is 42.2 Å². The summed E-state index contributed by atoms with van der Waals surface area (Å²) in [5, 5.41) is 18.8. The zero-order valence-corrected chi connectivity index (χ0v) is 24.6. The number of aryl methyl sites for hydroxylation is 3. The minimum Gasteiger partial charge on any atom is -0.461 e. The average molecular weight is 590 g/mol. The van der Waals surface area contributed by atoms with Gasteiger partial charge in [-0.15, -0.1) is 11.3 Å². The number of fused-ring (bicyclic) bond motifs is 1. The van der Waals surface area contributed by atoms with E-state index >= 15 is 0 Å². The molecular formula is C30H35N7O4S. The van der Waals surface area contributed by atoms with Crippen LogP contribution < -0.4 is 16.0 Å². The number of rotatable bonds is 12. The number of esters is 1. The van der Waals surface area contributed by atoms with Crippen LogP contribution >= 0.6 is 11.3 Å². The van der Waals surface area contributed by atoms with E-state index in [4.69, 9.17) is 4.74 Å². The maximum absolute atomic E-state index is 13.4. The summed E-state index contributed by atoms with van der Waals surface area (Å²) < 4.78 is 5.67. The van der Waals surface area contributed by atoms with Crippen LogP contribution in [0.4, 0.5) is 5.95 Å². The van der Waals surface area contributed by atoms with Gasteiger partial charge < -0.3 is 20.7 Å². The molecule has 0 aliphatic heterocycles. The molecule has 0 unspecified atom stereocenters. The quantitative estimate of drug-likeness (QED) is 0.143. The molecule has 42 heavy (non-hydrogen) atoms. The molecule has 4 aromatic rings. The van der Waals surface area contributed by atoms with Gasteiger partial charge >= 0.3 is 5.97 Å². The maximum atomic E-state index is 13.4. The first-order valence-corrected chi connectivity index (χ1v) is 15.1. The van der Waals surface area contributed by atoms with Gasteiger partial charge in [-0.2, -0.15) is 5.10 Å². The molecule has 2 amide bonds. The molecule has 1 aliphatic carbocycles. The predicted octanol–water partition coefficient (Wildman–Crippen LogP) is 4.09. The third-order valence-electron chi connectivity index (χ3n) is 7.37. The van der Waals surface area contributed by atoms with Gasteiger partial charge in [0.25, 0.3) is 11.8 Å². The minimum atomic E-state index is -1.06. The number of benzene rings is 1. The summed E-state index contributed by atoms with van der Waals surface area (Å²) in [6, 6.07) is 8.53. The van der Waals surface area contributed by atoms with Gasteiger partial charge in [-0.3, -0.25) is 14.7 Å². The Morgan fingerprint density at radius 1 is 1.07 bits per heavy atom. The highest BCUT2D eigenvalue weighted by Crippen LogP contribution is 2.22. The maximum Gasteiger partial charge on any atom is 0.330 e. The number of aromatic amines is 1. The van der Waals surface area contributed by atoms with E-state index in [0.717, 1.165) is 49.4 Å². The topological polar surface area (TPSA) is 151 Å². The Bertz CT molecular complexity index is 1520. The summed E-state index contributed by atoms with van der Waals surface area (Å²) >= 11 is 1.30.